The quantitative estimate of drug-likeness (QED) is 0.558. The van der Waals surface area contributed by atoms with Gasteiger partial charge >= 0.3 is 11.9 Å². The van der Waals surface area contributed by atoms with Gasteiger partial charge in [0.25, 0.3) is 0 Å². The largest absolute Gasteiger partial charge is 0.455 e. The van der Waals surface area contributed by atoms with Crippen LogP contribution in [0.4, 0.5) is 0 Å². The Morgan fingerprint density at radius 2 is 2.19 bits per heavy atom. The van der Waals surface area contributed by atoms with Gasteiger partial charge in [-0.2, -0.15) is 0 Å². The second-order valence-corrected chi connectivity index (χ2v) is 5.06. The van der Waals surface area contributed by atoms with Crippen LogP contribution < -0.4 is 0 Å². The highest BCUT2D eigenvalue weighted by Crippen LogP contribution is 2.20. The molecule has 0 saturated carbocycles. The Hall–Kier alpha value is -1.66. The van der Waals surface area contributed by atoms with Crippen molar-refractivity contribution in [3.8, 4) is 0 Å². The van der Waals surface area contributed by atoms with Gasteiger partial charge in [0, 0.05) is 11.6 Å². The van der Waals surface area contributed by atoms with Gasteiger partial charge in [-0.05, 0) is 39.7 Å². The molecule has 6 heteroatoms. The molecule has 1 heterocycles. The van der Waals surface area contributed by atoms with Crippen molar-refractivity contribution in [2.24, 2.45) is 0 Å². The molecule has 0 aromatic rings. The number of allylic oxidation sites excluding steroid dienone is 1. The van der Waals surface area contributed by atoms with Gasteiger partial charge in [-0.1, -0.05) is 6.08 Å². The molecule has 0 bridgehead atoms. The Balaban J connectivity index is 2.67. The molecule has 0 amide bonds. The van der Waals surface area contributed by atoms with Gasteiger partial charge in [-0.25, -0.2) is 9.59 Å². The van der Waals surface area contributed by atoms with E-state index >= 15 is 0 Å². The third-order valence-electron chi connectivity index (χ3n) is 3.36. The van der Waals surface area contributed by atoms with E-state index in [1.807, 2.05) is 0 Å². The number of hydrogen-bond donors (Lipinski definition) is 2. The van der Waals surface area contributed by atoms with E-state index in [9.17, 15) is 19.8 Å². The summed E-state index contributed by atoms with van der Waals surface area (Å²) in [5.41, 5.74) is 0.461. The second-order valence-electron chi connectivity index (χ2n) is 5.06. The zero-order valence-corrected chi connectivity index (χ0v) is 12.5. The molecule has 1 aliphatic rings. The molecule has 6 nitrogen and oxygen atoms in total. The highest BCUT2D eigenvalue weighted by molar-refractivity contribution is 5.88. The van der Waals surface area contributed by atoms with Crippen LogP contribution in [-0.4, -0.2) is 46.6 Å². The summed E-state index contributed by atoms with van der Waals surface area (Å²) in [5, 5.41) is 18.8. The van der Waals surface area contributed by atoms with Gasteiger partial charge in [0.2, 0.25) is 0 Å². The molecule has 0 radical (unpaired) electrons. The van der Waals surface area contributed by atoms with Gasteiger partial charge in [-0.15, -0.1) is 0 Å². The maximum absolute atomic E-state index is 11.8. The molecule has 0 saturated heterocycles. The number of ether oxygens (including phenoxy) is 2. The Bertz CT molecular complexity index is 437. The molecule has 4 unspecified atom stereocenters. The summed E-state index contributed by atoms with van der Waals surface area (Å²) in [5.74, 6) is -0.993. The number of aliphatic hydroxyl groups is 2. The minimum atomic E-state index is -0.914. The SMILES string of the molecule is C/C=C(\C)C(=O)OC1C=CC(=O)OC1CCC(O)C(C)O. The first-order valence-corrected chi connectivity index (χ1v) is 6.94. The van der Waals surface area contributed by atoms with Crippen molar-refractivity contribution in [1.29, 1.82) is 0 Å². The summed E-state index contributed by atoms with van der Waals surface area (Å²) in [6, 6.07) is 0. The first-order valence-electron chi connectivity index (χ1n) is 6.94. The normalized spacial score (nSPS) is 25.2. The Morgan fingerprint density at radius 3 is 2.76 bits per heavy atom. The highest BCUT2D eigenvalue weighted by Gasteiger charge is 2.30. The summed E-state index contributed by atoms with van der Waals surface area (Å²) >= 11 is 0. The number of carbonyl (C=O) groups is 2. The molecule has 118 valence electrons. The van der Waals surface area contributed by atoms with E-state index in [1.54, 1.807) is 19.9 Å². The predicted octanol–water partition coefficient (Wildman–Crippen LogP) is 0.868. The lowest BCUT2D eigenvalue weighted by Crippen LogP contribution is -2.38. The van der Waals surface area contributed by atoms with Crippen molar-refractivity contribution in [2.45, 2.75) is 58.0 Å². The molecular weight excluding hydrogens is 276 g/mol. The monoisotopic (exact) mass is 298 g/mol. The van der Waals surface area contributed by atoms with Crippen LogP contribution in [0.25, 0.3) is 0 Å². The fourth-order valence-electron chi connectivity index (χ4n) is 1.80. The van der Waals surface area contributed by atoms with E-state index in [4.69, 9.17) is 9.47 Å². The summed E-state index contributed by atoms with van der Waals surface area (Å²) in [4.78, 5) is 23.1. The van der Waals surface area contributed by atoms with E-state index in [2.05, 4.69) is 0 Å². The van der Waals surface area contributed by atoms with Crippen molar-refractivity contribution in [2.75, 3.05) is 0 Å². The number of hydrogen-bond acceptors (Lipinski definition) is 6. The van der Waals surface area contributed by atoms with Gasteiger partial charge in [-0.3, -0.25) is 0 Å². The molecule has 2 N–H and O–H groups in total. The smallest absolute Gasteiger partial charge is 0.334 e. The van der Waals surface area contributed by atoms with Crippen LogP contribution in [0, 0.1) is 0 Å². The maximum atomic E-state index is 11.8. The van der Waals surface area contributed by atoms with Crippen LogP contribution in [0.15, 0.2) is 23.8 Å². The van der Waals surface area contributed by atoms with Crippen LogP contribution in [0.5, 0.6) is 0 Å². The molecular formula is C15H22O6. The lowest BCUT2D eigenvalue weighted by molar-refractivity contribution is -0.162. The van der Waals surface area contributed by atoms with Gasteiger partial charge in [0.1, 0.15) is 6.10 Å². The first kappa shape index (κ1) is 17.4. The summed E-state index contributed by atoms with van der Waals surface area (Å²) in [7, 11) is 0. The lowest BCUT2D eigenvalue weighted by Gasteiger charge is -2.28. The summed E-state index contributed by atoms with van der Waals surface area (Å²) in [6.45, 7) is 4.83. The van der Waals surface area contributed by atoms with Gasteiger partial charge < -0.3 is 19.7 Å². The highest BCUT2D eigenvalue weighted by atomic mass is 16.6. The van der Waals surface area contributed by atoms with E-state index in [0.717, 1.165) is 0 Å². The maximum Gasteiger partial charge on any atom is 0.334 e. The zero-order chi connectivity index (χ0) is 16.0. The van der Waals surface area contributed by atoms with Crippen molar-refractivity contribution < 1.29 is 29.3 Å². The van der Waals surface area contributed by atoms with E-state index in [0.29, 0.717) is 5.57 Å². The fraction of sp³-hybridized carbons (Fsp3) is 0.600. The molecule has 0 aliphatic carbocycles. The fourth-order valence-corrected chi connectivity index (χ4v) is 1.80. The molecule has 0 aromatic heterocycles. The number of aliphatic hydroxyl groups excluding tert-OH is 2. The zero-order valence-electron chi connectivity index (χ0n) is 12.5. The Kier molecular flexibility index (Phi) is 6.58. The lowest BCUT2D eigenvalue weighted by atomic mass is 10.0. The molecule has 1 aliphatic heterocycles. The van der Waals surface area contributed by atoms with Crippen molar-refractivity contribution in [3.63, 3.8) is 0 Å². The van der Waals surface area contributed by atoms with Crippen LogP contribution in [0.1, 0.15) is 33.6 Å². The number of rotatable bonds is 6. The van der Waals surface area contributed by atoms with E-state index < -0.39 is 36.4 Å². The van der Waals surface area contributed by atoms with E-state index in [1.165, 1.54) is 19.1 Å². The summed E-state index contributed by atoms with van der Waals surface area (Å²) < 4.78 is 10.4. The molecule has 1 rings (SSSR count). The van der Waals surface area contributed by atoms with Crippen molar-refractivity contribution in [3.05, 3.63) is 23.8 Å². The molecule has 0 spiro atoms. The number of esters is 2. The van der Waals surface area contributed by atoms with Crippen LogP contribution in [0.2, 0.25) is 0 Å². The first-order chi connectivity index (χ1) is 9.85. The second kappa shape index (κ2) is 7.95. The van der Waals surface area contributed by atoms with Gasteiger partial charge in [0.15, 0.2) is 6.10 Å². The van der Waals surface area contributed by atoms with Crippen LogP contribution >= 0.6 is 0 Å². The third-order valence-corrected chi connectivity index (χ3v) is 3.36. The Morgan fingerprint density at radius 1 is 1.52 bits per heavy atom. The van der Waals surface area contributed by atoms with E-state index in [-0.39, 0.29) is 12.8 Å². The minimum absolute atomic E-state index is 0.236. The number of carbonyl (C=O) groups excluding carboxylic acids is 2. The topological polar surface area (TPSA) is 93.1 Å². The van der Waals surface area contributed by atoms with Crippen molar-refractivity contribution >= 4 is 11.9 Å². The third kappa shape index (κ3) is 5.32. The van der Waals surface area contributed by atoms with Crippen LogP contribution in [0.3, 0.4) is 0 Å². The average Bonchev–Trinajstić information content (AvgIpc) is 2.45. The molecule has 0 aromatic carbocycles. The average molecular weight is 298 g/mol. The van der Waals surface area contributed by atoms with Crippen molar-refractivity contribution in [1.82, 2.24) is 0 Å². The molecule has 21 heavy (non-hydrogen) atoms. The van der Waals surface area contributed by atoms with Crippen LogP contribution in [-0.2, 0) is 19.1 Å². The Labute approximate surface area is 124 Å². The molecule has 4 atom stereocenters. The molecule has 0 fully saturated rings. The standard InChI is InChI=1S/C15H22O6/c1-4-9(2)15(19)21-13-7-8-14(18)20-12(13)6-5-11(17)10(3)16/h4,7-8,10-13,16-17H,5-6H2,1-3H3/b9-4+. The minimum Gasteiger partial charge on any atom is -0.455 e. The summed E-state index contributed by atoms with van der Waals surface area (Å²) in [6.07, 6.45) is 1.71. The predicted molar refractivity (Wildman–Crippen MR) is 75.3 cm³/mol. The van der Waals surface area contributed by atoms with Gasteiger partial charge in [0.05, 0.1) is 12.2 Å². The number of cyclic esters (lactones) is 1.